The van der Waals surface area contributed by atoms with Crippen molar-refractivity contribution in [2.45, 2.75) is 25.3 Å². The zero-order valence-electron chi connectivity index (χ0n) is 16.9. The van der Waals surface area contributed by atoms with Gasteiger partial charge in [-0.05, 0) is 31.4 Å². The topological polar surface area (TPSA) is 138 Å². The van der Waals surface area contributed by atoms with Gasteiger partial charge in [0.05, 0.1) is 30.6 Å². The minimum Gasteiger partial charge on any atom is -0.481 e. The van der Waals surface area contributed by atoms with Gasteiger partial charge in [0.25, 0.3) is 5.91 Å². The molecular weight excluding hydrogens is 388 g/mol. The quantitative estimate of drug-likeness (QED) is 0.595. The molecule has 0 saturated carbocycles. The van der Waals surface area contributed by atoms with Crippen LogP contribution in [0.2, 0.25) is 0 Å². The second kappa shape index (κ2) is 9.26. The van der Waals surface area contributed by atoms with Gasteiger partial charge in [-0.15, -0.1) is 0 Å². The highest BCUT2D eigenvalue weighted by Gasteiger charge is 2.26. The molecule has 2 aromatic heterocycles. The van der Waals surface area contributed by atoms with E-state index in [0.29, 0.717) is 29.9 Å². The summed E-state index contributed by atoms with van der Waals surface area (Å²) in [5.41, 5.74) is 1.12. The first-order chi connectivity index (χ1) is 14.4. The minimum absolute atomic E-state index is 0.0928. The molecule has 1 saturated heterocycles. The van der Waals surface area contributed by atoms with E-state index in [4.69, 9.17) is 4.74 Å². The van der Waals surface area contributed by atoms with Gasteiger partial charge in [-0.3, -0.25) is 14.4 Å². The Hall–Kier alpha value is -3.61. The van der Waals surface area contributed by atoms with Gasteiger partial charge >= 0.3 is 0 Å². The molecule has 1 fully saturated rings. The van der Waals surface area contributed by atoms with Crippen LogP contribution in [-0.4, -0.2) is 53.5 Å². The molecule has 0 aromatic carbocycles. The van der Waals surface area contributed by atoms with Gasteiger partial charge in [0.2, 0.25) is 17.7 Å². The third-order valence-corrected chi connectivity index (χ3v) is 5.18. The van der Waals surface area contributed by atoms with Crippen LogP contribution in [0.4, 0.5) is 0 Å². The molecule has 1 aliphatic rings. The summed E-state index contributed by atoms with van der Waals surface area (Å²) in [4.78, 5) is 40.7. The molecule has 3 heterocycles. The van der Waals surface area contributed by atoms with Gasteiger partial charge in [-0.1, -0.05) is 0 Å². The summed E-state index contributed by atoms with van der Waals surface area (Å²) in [5, 5.41) is 17.9. The molecule has 0 spiro atoms. The number of methoxy groups -OCH3 is 1. The van der Waals surface area contributed by atoms with Gasteiger partial charge in [0.1, 0.15) is 11.7 Å². The van der Waals surface area contributed by atoms with Crippen LogP contribution in [0.5, 0.6) is 5.88 Å². The minimum atomic E-state index is -0.795. The van der Waals surface area contributed by atoms with Crippen LogP contribution in [-0.2, 0) is 16.6 Å². The first-order valence-corrected chi connectivity index (χ1v) is 9.68. The summed E-state index contributed by atoms with van der Waals surface area (Å²) in [5.74, 6) is -0.916. The third kappa shape index (κ3) is 4.51. The van der Waals surface area contributed by atoms with E-state index in [1.165, 1.54) is 7.11 Å². The Morgan fingerprint density at radius 1 is 1.50 bits per heavy atom. The standard InChI is InChI=1S/C20H24N6O4/c1-26-15-5-7-23-20(30-2)14(15)9-16(26)19(29)24-11-17(27)25-13(10-21)8-12-4-3-6-22-18(12)28/h5,7,9,12-13H,3-4,6,8,11H2,1-2H3,(H,22,28)(H,24,29)(H,25,27)/t12-,13-/m0/s1. The molecule has 158 valence electrons. The molecule has 30 heavy (non-hydrogen) atoms. The number of aromatic nitrogens is 2. The number of carbonyl (C=O) groups excluding carboxylic acids is 3. The Bertz CT molecular complexity index is 1010. The summed E-state index contributed by atoms with van der Waals surface area (Å²) in [6.07, 6.45) is 3.38. The number of nitrogens with one attached hydrogen (secondary N) is 3. The number of pyridine rings is 1. The SMILES string of the molecule is COc1nccc2c1cc(C(=O)NCC(=O)N[C@H](C#N)C[C@@H]1CCCNC1=O)n2C. The van der Waals surface area contributed by atoms with E-state index in [1.807, 2.05) is 6.07 Å². The predicted molar refractivity (Wildman–Crippen MR) is 107 cm³/mol. The molecular formula is C20H24N6O4. The number of ether oxygens (including phenoxy) is 1. The van der Waals surface area contributed by atoms with Crippen LogP contribution in [0.3, 0.4) is 0 Å². The molecule has 2 atom stereocenters. The normalized spacial score (nSPS) is 17.0. The summed E-state index contributed by atoms with van der Waals surface area (Å²) in [6.45, 7) is 0.353. The number of nitrogens with zero attached hydrogens (tertiary/aromatic N) is 3. The fourth-order valence-corrected chi connectivity index (χ4v) is 3.60. The van der Waals surface area contributed by atoms with Gasteiger partial charge in [0, 0.05) is 25.7 Å². The van der Waals surface area contributed by atoms with Crippen molar-refractivity contribution in [3.8, 4) is 11.9 Å². The van der Waals surface area contributed by atoms with Crippen molar-refractivity contribution in [2.24, 2.45) is 13.0 Å². The fourth-order valence-electron chi connectivity index (χ4n) is 3.60. The molecule has 0 bridgehead atoms. The van der Waals surface area contributed by atoms with E-state index in [0.717, 1.165) is 11.9 Å². The zero-order valence-corrected chi connectivity index (χ0v) is 16.9. The van der Waals surface area contributed by atoms with Crippen LogP contribution in [0.25, 0.3) is 10.9 Å². The lowest BCUT2D eigenvalue weighted by Crippen LogP contribution is -2.45. The number of amides is 3. The number of carbonyl (C=O) groups is 3. The van der Waals surface area contributed by atoms with Crippen LogP contribution >= 0.6 is 0 Å². The average molecular weight is 412 g/mol. The molecule has 1 aliphatic heterocycles. The Morgan fingerprint density at radius 2 is 2.30 bits per heavy atom. The Balaban J connectivity index is 1.58. The van der Waals surface area contributed by atoms with Crippen molar-refractivity contribution in [1.82, 2.24) is 25.5 Å². The highest BCUT2D eigenvalue weighted by Crippen LogP contribution is 2.25. The average Bonchev–Trinajstić information content (AvgIpc) is 3.09. The Morgan fingerprint density at radius 3 is 3.00 bits per heavy atom. The molecule has 3 N–H and O–H groups in total. The summed E-state index contributed by atoms with van der Waals surface area (Å²) >= 11 is 0. The fraction of sp³-hybridized carbons (Fsp3) is 0.450. The van der Waals surface area contributed by atoms with E-state index in [2.05, 4.69) is 20.9 Å². The van der Waals surface area contributed by atoms with Crippen molar-refractivity contribution in [3.63, 3.8) is 0 Å². The van der Waals surface area contributed by atoms with Crippen molar-refractivity contribution < 1.29 is 19.1 Å². The maximum absolute atomic E-state index is 12.6. The van der Waals surface area contributed by atoms with Gasteiger partial charge in [-0.25, -0.2) is 4.98 Å². The number of aryl methyl sites for hydroxylation is 1. The van der Waals surface area contributed by atoms with Crippen molar-refractivity contribution in [3.05, 3.63) is 24.0 Å². The number of fused-ring (bicyclic) bond motifs is 1. The maximum atomic E-state index is 12.6. The monoisotopic (exact) mass is 412 g/mol. The Kier molecular flexibility index (Phi) is 6.51. The van der Waals surface area contributed by atoms with Crippen molar-refractivity contribution >= 4 is 28.6 Å². The molecule has 2 aromatic rings. The predicted octanol–water partition coefficient (Wildman–Crippen LogP) is 0.236. The van der Waals surface area contributed by atoms with E-state index >= 15 is 0 Å². The molecule has 0 radical (unpaired) electrons. The van der Waals surface area contributed by atoms with Crippen molar-refractivity contribution in [1.29, 1.82) is 5.26 Å². The number of nitriles is 1. The van der Waals surface area contributed by atoms with Crippen LogP contribution in [0.1, 0.15) is 29.8 Å². The van der Waals surface area contributed by atoms with E-state index in [-0.39, 0.29) is 24.8 Å². The molecule has 10 nitrogen and oxygen atoms in total. The Labute approximate surface area is 173 Å². The van der Waals surface area contributed by atoms with E-state index in [1.54, 1.807) is 29.9 Å². The highest BCUT2D eigenvalue weighted by molar-refractivity contribution is 6.01. The number of rotatable bonds is 7. The first-order valence-electron chi connectivity index (χ1n) is 9.68. The first kappa shape index (κ1) is 21.1. The van der Waals surface area contributed by atoms with E-state index in [9.17, 15) is 19.6 Å². The maximum Gasteiger partial charge on any atom is 0.268 e. The number of hydrogen-bond donors (Lipinski definition) is 3. The molecule has 3 amide bonds. The summed E-state index contributed by atoms with van der Waals surface area (Å²) in [7, 11) is 3.24. The summed E-state index contributed by atoms with van der Waals surface area (Å²) < 4.78 is 6.91. The van der Waals surface area contributed by atoms with Crippen LogP contribution in [0, 0.1) is 17.2 Å². The largest absolute Gasteiger partial charge is 0.481 e. The van der Waals surface area contributed by atoms with Gasteiger partial charge in [-0.2, -0.15) is 5.26 Å². The third-order valence-electron chi connectivity index (χ3n) is 5.18. The van der Waals surface area contributed by atoms with Gasteiger partial charge < -0.3 is 25.3 Å². The second-order valence-corrected chi connectivity index (χ2v) is 7.14. The summed E-state index contributed by atoms with van der Waals surface area (Å²) in [6, 6.07) is 4.63. The lowest BCUT2D eigenvalue weighted by molar-refractivity contribution is -0.127. The smallest absolute Gasteiger partial charge is 0.268 e. The van der Waals surface area contributed by atoms with Crippen molar-refractivity contribution in [2.75, 3.05) is 20.2 Å². The molecule has 3 rings (SSSR count). The molecule has 0 unspecified atom stereocenters. The van der Waals surface area contributed by atoms with Gasteiger partial charge in [0.15, 0.2) is 0 Å². The molecule has 0 aliphatic carbocycles. The number of piperidine rings is 1. The lowest BCUT2D eigenvalue weighted by Gasteiger charge is -2.23. The van der Waals surface area contributed by atoms with Crippen LogP contribution in [0.15, 0.2) is 18.3 Å². The second-order valence-electron chi connectivity index (χ2n) is 7.14. The van der Waals surface area contributed by atoms with E-state index < -0.39 is 17.9 Å². The molecule has 10 heteroatoms. The highest BCUT2D eigenvalue weighted by atomic mass is 16.5. The lowest BCUT2D eigenvalue weighted by atomic mass is 9.92. The van der Waals surface area contributed by atoms with Crippen LogP contribution < -0.4 is 20.7 Å². The zero-order chi connectivity index (χ0) is 21.7. The number of hydrogen-bond acceptors (Lipinski definition) is 6.